The van der Waals surface area contributed by atoms with Gasteiger partial charge in [-0.2, -0.15) is 0 Å². The van der Waals surface area contributed by atoms with Crippen LogP contribution >= 0.6 is 0 Å². The molecule has 26 heavy (non-hydrogen) atoms. The van der Waals surface area contributed by atoms with E-state index in [2.05, 4.69) is 16.0 Å². The second-order valence-corrected chi connectivity index (χ2v) is 5.92. The molecule has 2 amide bonds. The minimum absolute atomic E-state index is 0.171. The molecule has 136 valence electrons. The molecule has 0 bridgehead atoms. The highest BCUT2D eigenvalue weighted by atomic mass is 19.2. The average molecular weight is 363 g/mol. The molecule has 8 heteroatoms. The summed E-state index contributed by atoms with van der Waals surface area (Å²) in [6.07, 6.45) is 1.87. The molecule has 1 fully saturated rings. The predicted octanol–water partition coefficient (Wildman–Crippen LogP) is 3.05. The largest absolute Gasteiger partial charge is 0.374 e. The Bertz CT molecular complexity index is 854. The van der Waals surface area contributed by atoms with Gasteiger partial charge in [-0.3, -0.25) is 9.59 Å². The highest BCUT2D eigenvalue weighted by Gasteiger charge is 2.25. The molecule has 1 aliphatic rings. The van der Waals surface area contributed by atoms with Gasteiger partial charge in [0.25, 0.3) is 5.91 Å². The molecule has 1 aliphatic carbocycles. The van der Waals surface area contributed by atoms with Crippen molar-refractivity contribution in [3.63, 3.8) is 0 Å². The van der Waals surface area contributed by atoms with E-state index in [1.54, 1.807) is 24.3 Å². The summed E-state index contributed by atoms with van der Waals surface area (Å²) in [7, 11) is 0. The van der Waals surface area contributed by atoms with Gasteiger partial charge in [0, 0.05) is 6.04 Å². The monoisotopic (exact) mass is 363 g/mol. The van der Waals surface area contributed by atoms with Crippen LogP contribution in [-0.2, 0) is 4.79 Å². The number of hydrogen-bond acceptors (Lipinski definition) is 3. The van der Waals surface area contributed by atoms with E-state index in [4.69, 9.17) is 0 Å². The van der Waals surface area contributed by atoms with Gasteiger partial charge in [-0.25, -0.2) is 13.2 Å². The van der Waals surface area contributed by atoms with E-state index in [9.17, 15) is 22.8 Å². The van der Waals surface area contributed by atoms with Crippen molar-refractivity contribution < 1.29 is 22.8 Å². The van der Waals surface area contributed by atoms with Crippen molar-refractivity contribution in [2.75, 3.05) is 17.2 Å². The van der Waals surface area contributed by atoms with Crippen molar-refractivity contribution in [2.45, 2.75) is 18.9 Å². The van der Waals surface area contributed by atoms with E-state index in [1.807, 2.05) is 0 Å². The average Bonchev–Trinajstić information content (AvgIpc) is 3.43. The number of carbonyl (C=O) groups is 2. The number of rotatable bonds is 6. The van der Waals surface area contributed by atoms with Crippen molar-refractivity contribution >= 4 is 23.2 Å². The lowest BCUT2D eigenvalue weighted by atomic mass is 10.1. The molecule has 2 aromatic carbocycles. The first-order chi connectivity index (χ1) is 12.5. The van der Waals surface area contributed by atoms with Crippen LogP contribution in [0.3, 0.4) is 0 Å². The lowest BCUT2D eigenvalue weighted by molar-refractivity contribution is -0.114. The Morgan fingerprint density at radius 2 is 1.69 bits per heavy atom. The van der Waals surface area contributed by atoms with Gasteiger partial charge in [0.2, 0.25) is 5.91 Å². The fourth-order valence-corrected chi connectivity index (χ4v) is 2.31. The fourth-order valence-electron chi connectivity index (χ4n) is 2.31. The number of anilines is 2. The molecule has 0 aromatic heterocycles. The van der Waals surface area contributed by atoms with E-state index in [-0.39, 0.29) is 24.2 Å². The summed E-state index contributed by atoms with van der Waals surface area (Å²) in [6.45, 7) is -0.388. The lowest BCUT2D eigenvalue weighted by Crippen LogP contribution is -2.28. The molecule has 1 saturated carbocycles. The molecule has 3 rings (SSSR count). The molecule has 3 N–H and O–H groups in total. The fraction of sp³-hybridized carbons (Fsp3) is 0.222. The van der Waals surface area contributed by atoms with Crippen molar-refractivity contribution in [3.05, 3.63) is 59.4 Å². The quantitative estimate of drug-likeness (QED) is 0.691. The Morgan fingerprint density at radius 1 is 0.962 bits per heavy atom. The molecule has 0 unspecified atom stereocenters. The van der Waals surface area contributed by atoms with Crippen molar-refractivity contribution in [1.82, 2.24) is 5.32 Å². The zero-order chi connectivity index (χ0) is 18.7. The van der Waals surface area contributed by atoms with Gasteiger partial charge < -0.3 is 16.0 Å². The number of amides is 2. The Labute approximate surface area is 147 Å². The molecule has 0 heterocycles. The highest BCUT2D eigenvalue weighted by molar-refractivity contribution is 6.04. The number of hydrogen-bond donors (Lipinski definition) is 3. The zero-order valence-corrected chi connectivity index (χ0v) is 13.6. The number of benzene rings is 2. The summed E-state index contributed by atoms with van der Waals surface area (Å²) in [5, 5.41) is 7.77. The van der Waals surface area contributed by atoms with Gasteiger partial charge >= 0.3 is 0 Å². The second-order valence-electron chi connectivity index (χ2n) is 5.92. The number of carbonyl (C=O) groups excluding carboxylic acids is 2. The summed E-state index contributed by atoms with van der Waals surface area (Å²) >= 11 is 0. The SMILES string of the molecule is O=C(CNc1ccc(F)c(F)c1F)Nc1ccccc1C(=O)NC1CC1. The van der Waals surface area contributed by atoms with Crippen LogP contribution in [0.1, 0.15) is 23.2 Å². The first-order valence-corrected chi connectivity index (χ1v) is 8.03. The maximum Gasteiger partial charge on any atom is 0.253 e. The summed E-state index contributed by atoms with van der Waals surface area (Å²) in [5.41, 5.74) is 0.286. The van der Waals surface area contributed by atoms with E-state index >= 15 is 0 Å². The molecule has 0 radical (unpaired) electrons. The van der Waals surface area contributed by atoms with Crippen LogP contribution in [0.5, 0.6) is 0 Å². The van der Waals surface area contributed by atoms with Crippen LogP contribution < -0.4 is 16.0 Å². The molecule has 0 atom stereocenters. The van der Waals surface area contributed by atoms with Crippen molar-refractivity contribution in [3.8, 4) is 0 Å². The van der Waals surface area contributed by atoms with Crippen LogP contribution in [0.25, 0.3) is 0 Å². The van der Waals surface area contributed by atoms with Crippen LogP contribution in [-0.4, -0.2) is 24.4 Å². The summed E-state index contributed by atoms with van der Waals surface area (Å²) in [5.74, 6) is -5.18. The maximum absolute atomic E-state index is 13.6. The minimum atomic E-state index is -1.61. The van der Waals surface area contributed by atoms with E-state index in [0.29, 0.717) is 11.3 Å². The van der Waals surface area contributed by atoms with Gasteiger partial charge in [0.05, 0.1) is 23.5 Å². The van der Waals surface area contributed by atoms with Gasteiger partial charge in [-0.15, -0.1) is 0 Å². The third-order valence-electron chi connectivity index (χ3n) is 3.83. The summed E-state index contributed by atoms with van der Waals surface area (Å²) in [6, 6.07) is 8.41. The molecule has 0 spiro atoms. The Hall–Kier alpha value is -3.03. The van der Waals surface area contributed by atoms with Gasteiger partial charge in [0.15, 0.2) is 17.5 Å². The number of halogens is 3. The summed E-state index contributed by atoms with van der Waals surface area (Å²) in [4.78, 5) is 24.2. The minimum Gasteiger partial charge on any atom is -0.374 e. The molecule has 0 aliphatic heterocycles. The van der Waals surface area contributed by atoms with Gasteiger partial charge in [-0.05, 0) is 37.1 Å². The van der Waals surface area contributed by atoms with E-state index in [0.717, 1.165) is 25.0 Å². The van der Waals surface area contributed by atoms with Crippen LogP contribution in [0.4, 0.5) is 24.5 Å². The lowest BCUT2D eigenvalue weighted by Gasteiger charge is -2.12. The van der Waals surface area contributed by atoms with Crippen molar-refractivity contribution in [1.29, 1.82) is 0 Å². The number of para-hydroxylation sites is 1. The van der Waals surface area contributed by atoms with E-state index in [1.165, 1.54) is 0 Å². The standard InChI is InChI=1S/C18H16F3N3O2/c19-12-7-8-14(17(21)16(12)20)22-9-15(25)24-13-4-2-1-3-11(13)18(26)23-10-5-6-10/h1-4,7-8,10,22H,5-6,9H2,(H,23,26)(H,24,25). The predicted molar refractivity (Wildman–Crippen MR) is 90.4 cm³/mol. The van der Waals surface area contributed by atoms with Crippen molar-refractivity contribution in [2.24, 2.45) is 0 Å². The second kappa shape index (κ2) is 7.47. The molecule has 2 aromatic rings. The highest BCUT2D eigenvalue weighted by Crippen LogP contribution is 2.22. The smallest absolute Gasteiger partial charge is 0.253 e. The molecular formula is C18H16F3N3O2. The van der Waals surface area contributed by atoms with E-state index < -0.39 is 23.4 Å². The Kier molecular flexibility index (Phi) is 5.11. The van der Waals surface area contributed by atoms with Gasteiger partial charge in [0.1, 0.15) is 0 Å². The van der Waals surface area contributed by atoms with Crippen LogP contribution in [0.2, 0.25) is 0 Å². The van der Waals surface area contributed by atoms with Gasteiger partial charge in [-0.1, -0.05) is 12.1 Å². The first kappa shape index (κ1) is 17.8. The number of nitrogens with one attached hydrogen (secondary N) is 3. The third kappa shape index (κ3) is 4.14. The maximum atomic E-state index is 13.6. The Balaban J connectivity index is 1.63. The molecule has 5 nitrogen and oxygen atoms in total. The Morgan fingerprint density at radius 3 is 2.42 bits per heavy atom. The third-order valence-corrected chi connectivity index (χ3v) is 3.83. The normalized spacial score (nSPS) is 13.2. The molecule has 0 saturated heterocycles. The zero-order valence-electron chi connectivity index (χ0n) is 13.6. The topological polar surface area (TPSA) is 70.2 Å². The molecular weight excluding hydrogens is 347 g/mol. The summed E-state index contributed by atoms with van der Waals surface area (Å²) < 4.78 is 39.7. The van der Waals surface area contributed by atoms with Crippen LogP contribution in [0, 0.1) is 17.5 Å². The first-order valence-electron chi connectivity index (χ1n) is 8.03. The van der Waals surface area contributed by atoms with Crippen LogP contribution in [0.15, 0.2) is 36.4 Å².